The lowest BCUT2D eigenvalue weighted by molar-refractivity contribution is 0.172. The van der Waals surface area contributed by atoms with Gasteiger partial charge >= 0.3 is 0 Å². The van der Waals surface area contributed by atoms with E-state index >= 15 is 0 Å². The Morgan fingerprint density at radius 2 is 1.76 bits per heavy atom. The zero-order valence-corrected chi connectivity index (χ0v) is 20.3. The van der Waals surface area contributed by atoms with Crippen LogP contribution in [0.25, 0.3) is 11.3 Å². The van der Waals surface area contributed by atoms with Crippen molar-refractivity contribution in [3.8, 4) is 17.0 Å². The first-order valence-electron chi connectivity index (χ1n) is 12.9. The van der Waals surface area contributed by atoms with E-state index in [4.69, 9.17) is 4.74 Å². The minimum Gasteiger partial charge on any atom is -0.486 e. The van der Waals surface area contributed by atoms with Crippen molar-refractivity contribution in [2.45, 2.75) is 64.8 Å². The average Bonchev–Trinajstić information content (AvgIpc) is 2.86. The smallest absolute Gasteiger partial charge is 0.178 e. The first-order valence-corrected chi connectivity index (χ1v) is 12.9. The molecule has 1 N–H and O–H groups in total. The first kappa shape index (κ1) is 23.5. The maximum atomic E-state index is 14.9. The molecule has 5 nitrogen and oxygen atoms in total. The molecule has 3 aliphatic rings. The highest BCUT2D eigenvalue weighted by Gasteiger charge is 2.29. The van der Waals surface area contributed by atoms with Gasteiger partial charge in [-0.15, -0.1) is 0 Å². The Balaban J connectivity index is 1.32. The van der Waals surface area contributed by atoms with Gasteiger partial charge < -0.3 is 15.0 Å². The van der Waals surface area contributed by atoms with Crippen LogP contribution in [-0.2, 0) is 6.42 Å². The highest BCUT2D eigenvalue weighted by Crippen LogP contribution is 2.40. The molecule has 0 unspecified atom stereocenters. The molecule has 2 fully saturated rings. The van der Waals surface area contributed by atoms with Crippen molar-refractivity contribution in [1.29, 1.82) is 0 Å². The molecule has 1 aromatic carbocycles. The number of hydrogen-bond acceptors (Lipinski definition) is 5. The number of anilines is 1. The Hall–Kier alpha value is -2.28. The molecular weight excluding hydrogens is 434 g/mol. The number of rotatable bonds is 5. The quantitative estimate of drug-likeness (QED) is 0.636. The van der Waals surface area contributed by atoms with Crippen LogP contribution >= 0.6 is 0 Å². The molecule has 2 aliphatic heterocycles. The third-order valence-electron chi connectivity index (χ3n) is 8.02. The highest BCUT2D eigenvalue weighted by molar-refractivity contribution is 5.72. The molecule has 1 aliphatic carbocycles. The van der Waals surface area contributed by atoms with Gasteiger partial charge in [0.05, 0.1) is 18.4 Å². The van der Waals surface area contributed by atoms with Crippen LogP contribution in [-0.4, -0.2) is 42.3 Å². The van der Waals surface area contributed by atoms with Crippen molar-refractivity contribution < 1.29 is 13.5 Å². The predicted molar refractivity (Wildman–Crippen MR) is 130 cm³/mol. The second-order valence-corrected chi connectivity index (χ2v) is 10.5. The first-order chi connectivity index (χ1) is 16.5. The van der Waals surface area contributed by atoms with E-state index in [0.717, 1.165) is 31.3 Å². The molecule has 0 atom stereocenters. The summed E-state index contributed by atoms with van der Waals surface area (Å²) >= 11 is 0. The minimum atomic E-state index is -0.523. The van der Waals surface area contributed by atoms with Crippen LogP contribution in [0.2, 0.25) is 0 Å². The summed E-state index contributed by atoms with van der Waals surface area (Å²) in [7, 11) is 0. The third kappa shape index (κ3) is 4.90. The van der Waals surface area contributed by atoms with Crippen LogP contribution in [0.4, 0.5) is 14.5 Å². The van der Waals surface area contributed by atoms with E-state index in [1.165, 1.54) is 50.8 Å². The van der Waals surface area contributed by atoms with Gasteiger partial charge in [-0.3, -0.25) is 0 Å². The van der Waals surface area contributed by atoms with E-state index in [-0.39, 0.29) is 17.5 Å². The summed E-state index contributed by atoms with van der Waals surface area (Å²) in [6.07, 6.45) is 9.49. The van der Waals surface area contributed by atoms with E-state index in [9.17, 15) is 8.78 Å². The summed E-state index contributed by atoms with van der Waals surface area (Å²) in [6, 6.07) is 3.32. The Morgan fingerprint density at radius 1 is 1.03 bits per heavy atom. The van der Waals surface area contributed by atoms with Gasteiger partial charge in [0.25, 0.3) is 0 Å². The molecule has 0 amide bonds. The number of ether oxygens (including phenoxy) is 1. The fourth-order valence-electron chi connectivity index (χ4n) is 6.12. The molecule has 7 heteroatoms. The monoisotopic (exact) mass is 470 g/mol. The number of piperidine rings is 1. The van der Waals surface area contributed by atoms with Gasteiger partial charge in [0.1, 0.15) is 18.1 Å². The Bertz CT molecular complexity index is 1000. The molecule has 0 spiro atoms. The van der Waals surface area contributed by atoms with Gasteiger partial charge in [0, 0.05) is 18.0 Å². The number of aromatic nitrogens is 2. The molecule has 1 saturated carbocycles. The van der Waals surface area contributed by atoms with Gasteiger partial charge in [0.15, 0.2) is 17.4 Å². The minimum absolute atomic E-state index is 0.171. The van der Waals surface area contributed by atoms with E-state index in [2.05, 4.69) is 34.0 Å². The summed E-state index contributed by atoms with van der Waals surface area (Å²) in [4.78, 5) is 11.0. The molecule has 3 heterocycles. The second kappa shape index (κ2) is 10.1. The second-order valence-electron chi connectivity index (χ2n) is 10.5. The lowest BCUT2D eigenvalue weighted by Crippen LogP contribution is -2.38. The standard InChI is InChI=1S/C27H36F2N4O/c1-17(2)33-11-12-34-27-22(28)14-21(15-24(27)33)26-23(29)16-31-25(32-26)13-18-3-5-19(6-4-18)20-7-9-30-10-8-20/h14-20,30H,3-13H2,1-2H3. The Morgan fingerprint density at radius 3 is 2.50 bits per heavy atom. The maximum Gasteiger partial charge on any atom is 0.178 e. The van der Waals surface area contributed by atoms with Gasteiger partial charge in [-0.25, -0.2) is 18.7 Å². The normalized spacial score (nSPS) is 23.6. The van der Waals surface area contributed by atoms with Crippen LogP contribution in [0.1, 0.15) is 58.2 Å². The topological polar surface area (TPSA) is 50.3 Å². The van der Waals surface area contributed by atoms with Crippen LogP contribution in [0, 0.1) is 29.4 Å². The van der Waals surface area contributed by atoms with Gasteiger partial charge in [0.2, 0.25) is 0 Å². The average molecular weight is 471 g/mol. The molecule has 34 heavy (non-hydrogen) atoms. The lowest BCUT2D eigenvalue weighted by Gasteiger charge is -2.36. The molecule has 0 bridgehead atoms. The fraction of sp³-hybridized carbons (Fsp3) is 0.630. The third-order valence-corrected chi connectivity index (χ3v) is 8.02. The van der Waals surface area contributed by atoms with Gasteiger partial charge in [-0.1, -0.05) is 0 Å². The largest absolute Gasteiger partial charge is 0.486 e. The van der Waals surface area contributed by atoms with E-state index < -0.39 is 11.6 Å². The number of nitrogens with one attached hydrogen (secondary N) is 1. The summed E-state index contributed by atoms with van der Waals surface area (Å²) in [6.45, 7) is 7.53. The number of benzene rings is 1. The van der Waals surface area contributed by atoms with Crippen LogP contribution in [0.15, 0.2) is 18.3 Å². The fourth-order valence-corrected chi connectivity index (χ4v) is 6.12. The van der Waals surface area contributed by atoms with Crippen molar-refractivity contribution in [2.75, 3.05) is 31.1 Å². The van der Waals surface area contributed by atoms with Gasteiger partial charge in [-0.2, -0.15) is 0 Å². The SMILES string of the molecule is CC(C)N1CCOc2c(F)cc(-c3nc(CC4CCC(C5CCNCC5)CC4)ncc3F)cc21. The number of fused-ring (bicyclic) bond motifs is 1. The van der Waals surface area contributed by atoms with Crippen LogP contribution in [0.5, 0.6) is 5.75 Å². The van der Waals surface area contributed by atoms with Crippen molar-refractivity contribution in [3.05, 3.63) is 35.8 Å². The molecule has 184 valence electrons. The maximum absolute atomic E-state index is 14.9. The van der Waals surface area contributed by atoms with Crippen molar-refractivity contribution in [1.82, 2.24) is 15.3 Å². The van der Waals surface area contributed by atoms with E-state index in [0.29, 0.717) is 36.1 Å². The number of halogens is 2. The van der Waals surface area contributed by atoms with E-state index in [1.54, 1.807) is 6.07 Å². The van der Waals surface area contributed by atoms with Gasteiger partial charge in [-0.05, 0) is 95.3 Å². The molecule has 0 radical (unpaired) electrons. The molecule has 2 aromatic rings. The summed E-state index contributed by atoms with van der Waals surface area (Å²) < 4.78 is 35.3. The zero-order valence-electron chi connectivity index (χ0n) is 20.3. The molecule has 1 saturated heterocycles. The number of hydrogen-bond donors (Lipinski definition) is 1. The van der Waals surface area contributed by atoms with E-state index in [1.807, 2.05) is 0 Å². The molecular formula is C27H36F2N4O. The Kier molecular flexibility index (Phi) is 7.00. The predicted octanol–water partition coefficient (Wildman–Crippen LogP) is 5.38. The highest BCUT2D eigenvalue weighted by atomic mass is 19.1. The molecule has 5 rings (SSSR count). The summed E-state index contributed by atoms with van der Waals surface area (Å²) in [5.74, 6) is 2.12. The van der Waals surface area contributed by atoms with Crippen molar-refractivity contribution >= 4 is 5.69 Å². The van der Waals surface area contributed by atoms with Crippen molar-refractivity contribution in [3.63, 3.8) is 0 Å². The van der Waals surface area contributed by atoms with Crippen LogP contribution in [0.3, 0.4) is 0 Å². The Labute approximate surface area is 201 Å². The summed E-state index contributed by atoms with van der Waals surface area (Å²) in [5.41, 5.74) is 1.26. The number of nitrogens with zero attached hydrogens (tertiary/aromatic N) is 3. The molecule has 1 aromatic heterocycles. The van der Waals surface area contributed by atoms with Crippen molar-refractivity contribution in [2.24, 2.45) is 17.8 Å². The van der Waals surface area contributed by atoms with Crippen LogP contribution < -0.4 is 15.0 Å². The lowest BCUT2D eigenvalue weighted by atomic mass is 9.72. The summed E-state index contributed by atoms with van der Waals surface area (Å²) in [5, 5.41) is 3.47. The zero-order chi connectivity index (χ0) is 23.7.